The predicted molar refractivity (Wildman–Crippen MR) is 77.3 cm³/mol. The fraction of sp³-hybridized carbons (Fsp3) is 0.600. The van der Waals surface area contributed by atoms with Crippen molar-refractivity contribution in [1.29, 1.82) is 0 Å². The molecule has 1 aromatic heterocycles. The summed E-state index contributed by atoms with van der Waals surface area (Å²) in [5.74, 6) is 0.0542. The van der Waals surface area contributed by atoms with E-state index in [9.17, 15) is 4.79 Å². The summed E-state index contributed by atoms with van der Waals surface area (Å²) in [7, 11) is 0. The Bertz CT molecular complexity index is 429. The van der Waals surface area contributed by atoms with Crippen molar-refractivity contribution >= 4 is 11.6 Å². The molecule has 1 fully saturated rings. The number of nitrogens with zero attached hydrogens (tertiary/aromatic N) is 2. The summed E-state index contributed by atoms with van der Waals surface area (Å²) >= 11 is 0. The van der Waals surface area contributed by atoms with Gasteiger partial charge in [-0.15, -0.1) is 0 Å². The van der Waals surface area contributed by atoms with Crippen LogP contribution in [0.5, 0.6) is 0 Å². The van der Waals surface area contributed by atoms with Gasteiger partial charge in [0, 0.05) is 19.6 Å². The van der Waals surface area contributed by atoms with Gasteiger partial charge in [-0.25, -0.2) is 4.98 Å². The lowest BCUT2D eigenvalue weighted by atomic mass is 9.82. The summed E-state index contributed by atoms with van der Waals surface area (Å²) in [4.78, 5) is 18.5. The van der Waals surface area contributed by atoms with Gasteiger partial charge in [0.2, 0.25) is 0 Å². The van der Waals surface area contributed by atoms with E-state index in [2.05, 4.69) is 24.1 Å². The van der Waals surface area contributed by atoms with Crippen LogP contribution in [0.3, 0.4) is 0 Å². The molecule has 0 atom stereocenters. The number of hydrogen-bond acceptors (Lipinski definition) is 3. The molecule has 19 heavy (non-hydrogen) atoms. The SMILES string of the molecule is CCNc1ccc(C(=O)N2CCC(C)(C)CC2)nc1. The number of anilines is 1. The fourth-order valence-corrected chi connectivity index (χ4v) is 2.31. The maximum atomic E-state index is 12.3. The Kier molecular flexibility index (Phi) is 4.08. The molecule has 2 rings (SSSR count). The molecular weight excluding hydrogens is 238 g/mol. The average molecular weight is 261 g/mol. The molecule has 0 aliphatic carbocycles. The van der Waals surface area contributed by atoms with E-state index in [4.69, 9.17) is 0 Å². The Labute approximate surface area is 115 Å². The second-order valence-electron chi connectivity index (χ2n) is 5.92. The number of aromatic nitrogens is 1. The number of nitrogens with one attached hydrogen (secondary N) is 1. The molecule has 4 heteroatoms. The topological polar surface area (TPSA) is 45.2 Å². The van der Waals surface area contributed by atoms with Crippen LogP contribution in [0.25, 0.3) is 0 Å². The van der Waals surface area contributed by atoms with Gasteiger partial charge < -0.3 is 10.2 Å². The van der Waals surface area contributed by atoms with Crippen LogP contribution >= 0.6 is 0 Å². The smallest absolute Gasteiger partial charge is 0.272 e. The standard InChI is InChI=1S/C15H23N3O/c1-4-16-12-5-6-13(17-11-12)14(19)18-9-7-15(2,3)8-10-18/h5-6,11,16H,4,7-10H2,1-3H3. The highest BCUT2D eigenvalue weighted by atomic mass is 16.2. The van der Waals surface area contributed by atoms with Gasteiger partial charge in [-0.05, 0) is 37.3 Å². The van der Waals surface area contributed by atoms with Gasteiger partial charge in [0.15, 0.2) is 0 Å². The lowest BCUT2D eigenvalue weighted by Gasteiger charge is -2.36. The van der Waals surface area contributed by atoms with E-state index in [0.29, 0.717) is 11.1 Å². The van der Waals surface area contributed by atoms with Crippen LogP contribution in [0.4, 0.5) is 5.69 Å². The van der Waals surface area contributed by atoms with Crippen molar-refractivity contribution in [2.75, 3.05) is 25.0 Å². The van der Waals surface area contributed by atoms with E-state index < -0.39 is 0 Å². The Hall–Kier alpha value is -1.58. The zero-order valence-electron chi connectivity index (χ0n) is 12.1. The number of pyridine rings is 1. The van der Waals surface area contributed by atoms with E-state index in [-0.39, 0.29) is 5.91 Å². The van der Waals surface area contributed by atoms with E-state index in [1.807, 2.05) is 17.9 Å². The Morgan fingerprint density at radius 3 is 2.58 bits per heavy atom. The van der Waals surface area contributed by atoms with Gasteiger partial charge in [-0.3, -0.25) is 4.79 Å². The Morgan fingerprint density at radius 1 is 1.37 bits per heavy atom. The average Bonchev–Trinajstić information content (AvgIpc) is 2.39. The van der Waals surface area contributed by atoms with Crippen molar-refractivity contribution in [2.24, 2.45) is 5.41 Å². The van der Waals surface area contributed by atoms with Gasteiger partial charge in [-0.2, -0.15) is 0 Å². The highest BCUT2D eigenvalue weighted by molar-refractivity contribution is 5.92. The van der Waals surface area contributed by atoms with Crippen LogP contribution in [-0.2, 0) is 0 Å². The molecule has 4 nitrogen and oxygen atoms in total. The maximum Gasteiger partial charge on any atom is 0.272 e. The van der Waals surface area contributed by atoms with Crippen LogP contribution in [0.1, 0.15) is 44.1 Å². The van der Waals surface area contributed by atoms with E-state index in [1.165, 1.54) is 0 Å². The van der Waals surface area contributed by atoms with Crippen molar-refractivity contribution in [3.63, 3.8) is 0 Å². The lowest BCUT2D eigenvalue weighted by molar-refractivity contribution is 0.0624. The van der Waals surface area contributed by atoms with Gasteiger partial charge in [0.25, 0.3) is 5.91 Å². The van der Waals surface area contributed by atoms with Crippen LogP contribution in [0, 0.1) is 5.41 Å². The zero-order chi connectivity index (χ0) is 13.9. The molecule has 1 aliphatic heterocycles. The molecule has 0 aromatic carbocycles. The molecule has 0 saturated carbocycles. The Morgan fingerprint density at radius 2 is 2.05 bits per heavy atom. The van der Waals surface area contributed by atoms with Crippen molar-refractivity contribution < 1.29 is 4.79 Å². The van der Waals surface area contributed by atoms with Gasteiger partial charge in [0.1, 0.15) is 5.69 Å². The normalized spacial score (nSPS) is 18.2. The summed E-state index contributed by atoms with van der Waals surface area (Å²) in [5, 5.41) is 3.18. The largest absolute Gasteiger partial charge is 0.384 e. The number of carbonyl (C=O) groups is 1. The third-order valence-corrected chi connectivity index (χ3v) is 3.77. The number of rotatable bonds is 3. The molecule has 1 aromatic rings. The molecule has 1 amide bonds. The second kappa shape index (κ2) is 5.59. The molecule has 1 saturated heterocycles. The molecule has 0 radical (unpaired) electrons. The molecule has 0 unspecified atom stereocenters. The van der Waals surface area contributed by atoms with E-state index in [0.717, 1.165) is 38.2 Å². The van der Waals surface area contributed by atoms with Crippen LogP contribution in [0.2, 0.25) is 0 Å². The van der Waals surface area contributed by atoms with Crippen molar-refractivity contribution in [1.82, 2.24) is 9.88 Å². The zero-order valence-corrected chi connectivity index (χ0v) is 12.1. The summed E-state index contributed by atoms with van der Waals surface area (Å²) in [6.07, 6.45) is 3.85. The molecule has 1 aliphatic rings. The summed E-state index contributed by atoms with van der Waals surface area (Å²) in [5.41, 5.74) is 1.86. The molecule has 2 heterocycles. The van der Waals surface area contributed by atoms with Crippen molar-refractivity contribution in [2.45, 2.75) is 33.6 Å². The van der Waals surface area contributed by atoms with Crippen molar-refractivity contribution in [3.8, 4) is 0 Å². The first-order chi connectivity index (χ1) is 9.02. The highest BCUT2D eigenvalue weighted by Crippen LogP contribution is 2.30. The molecule has 0 bridgehead atoms. The lowest BCUT2D eigenvalue weighted by Crippen LogP contribution is -2.41. The minimum Gasteiger partial charge on any atom is -0.384 e. The third-order valence-electron chi connectivity index (χ3n) is 3.77. The van der Waals surface area contributed by atoms with E-state index >= 15 is 0 Å². The fourth-order valence-electron chi connectivity index (χ4n) is 2.31. The number of carbonyl (C=O) groups excluding carboxylic acids is 1. The maximum absolute atomic E-state index is 12.3. The molecule has 0 spiro atoms. The number of likely N-dealkylation sites (tertiary alicyclic amines) is 1. The number of amides is 1. The summed E-state index contributed by atoms with van der Waals surface area (Å²) in [6, 6.07) is 3.72. The monoisotopic (exact) mass is 261 g/mol. The molecule has 1 N–H and O–H groups in total. The first-order valence-corrected chi connectivity index (χ1v) is 7.01. The van der Waals surface area contributed by atoms with Crippen LogP contribution in [0.15, 0.2) is 18.3 Å². The summed E-state index contributed by atoms with van der Waals surface area (Å²) < 4.78 is 0. The molecule has 104 valence electrons. The third kappa shape index (κ3) is 3.46. The Balaban J connectivity index is 2.00. The first-order valence-electron chi connectivity index (χ1n) is 7.01. The first kappa shape index (κ1) is 13.8. The minimum atomic E-state index is 0.0542. The number of piperidine rings is 1. The highest BCUT2D eigenvalue weighted by Gasteiger charge is 2.28. The van der Waals surface area contributed by atoms with Crippen LogP contribution < -0.4 is 5.32 Å². The minimum absolute atomic E-state index is 0.0542. The van der Waals surface area contributed by atoms with Crippen molar-refractivity contribution in [3.05, 3.63) is 24.0 Å². The van der Waals surface area contributed by atoms with Crippen LogP contribution in [-0.4, -0.2) is 35.4 Å². The summed E-state index contributed by atoms with van der Waals surface area (Å²) in [6.45, 7) is 9.09. The quantitative estimate of drug-likeness (QED) is 0.910. The van der Waals surface area contributed by atoms with Gasteiger partial charge >= 0.3 is 0 Å². The second-order valence-corrected chi connectivity index (χ2v) is 5.92. The predicted octanol–water partition coefficient (Wildman–Crippen LogP) is 2.78. The molecular formula is C15H23N3O. The number of hydrogen-bond donors (Lipinski definition) is 1. The van der Waals surface area contributed by atoms with Gasteiger partial charge in [-0.1, -0.05) is 13.8 Å². The van der Waals surface area contributed by atoms with E-state index in [1.54, 1.807) is 12.3 Å². The van der Waals surface area contributed by atoms with Gasteiger partial charge in [0.05, 0.1) is 11.9 Å².